The number of anilines is 1. The van der Waals surface area contributed by atoms with E-state index in [9.17, 15) is 22.8 Å². The van der Waals surface area contributed by atoms with E-state index in [1.165, 1.54) is 30.6 Å². The van der Waals surface area contributed by atoms with Gasteiger partial charge in [0.25, 0.3) is 11.7 Å². The molecule has 10 heteroatoms. The molecule has 0 bridgehead atoms. The molecule has 4 aromatic rings. The second-order valence-corrected chi connectivity index (χ2v) is 7.75. The molecule has 0 saturated carbocycles. The van der Waals surface area contributed by atoms with Crippen molar-refractivity contribution in [2.24, 2.45) is 0 Å². The number of carbonyl (C=O) groups is 2. The molecule has 33 heavy (non-hydrogen) atoms. The highest BCUT2D eigenvalue weighted by Gasteiger charge is 2.42. The molecule has 0 aliphatic rings. The third-order valence-electron chi connectivity index (χ3n) is 4.97. The van der Waals surface area contributed by atoms with E-state index in [-0.39, 0.29) is 23.4 Å². The first-order chi connectivity index (χ1) is 15.6. The normalized spacial score (nSPS) is 11.5. The number of carbonyl (C=O) groups excluding carboxylic acids is 2. The summed E-state index contributed by atoms with van der Waals surface area (Å²) in [6.45, 7) is 1.51. The van der Waals surface area contributed by atoms with Crippen LogP contribution in [0.5, 0.6) is 0 Å². The van der Waals surface area contributed by atoms with Crippen molar-refractivity contribution in [3.8, 4) is 0 Å². The largest absolute Gasteiger partial charge is 0.432 e. The summed E-state index contributed by atoms with van der Waals surface area (Å²) in [5.74, 6) is -2.79. The van der Waals surface area contributed by atoms with Gasteiger partial charge in [-0.3, -0.25) is 14.9 Å². The van der Waals surface area contributed by atoms with Crippen LogP contribution >= 0.6 is 11.6 Å². The predicted octanol–water partition coefficient (Wildman–Crippen LogP) is 5.28. The molecule has 6 nitrogen and oxygen atoms in total. The Hall–Kier alpha value is -3.72. The summed E-state index contributed by atoms with van der Waals surface area (Å²) < 4.78 is 43.9. The number of aromatic nitrogens is 3. The Morgan fingerprint density at radius 3 is 2.36 bits per heavy atom. The molecule has 1 amide bonds. The maximum absolute atomic E-state index is 14.3. The van der Waals surface area contributed by atoms with Crippen molar-refractivity contribution in [2.45, 2.75) is 19.6 Å². The molecule has 2 aromatic heterocycles. The summed E-state index contributed by atoms with van der Waals surface area (Å²) in [5.41, 5.74) is -0.560. The zero-order chi connectivity index (χ0) is 23.8. The van der Waals surface area contributed by atoms with Crippen molar-refractivity contribution in [2.75, 3.05) is 5.32 Å². The molecule has 0 saturated heterocycles. The minimum Gasteiger partial charge on any atom is -0.332 e. The summed E-state index contributed by atoms with van der Waals surface area (Å²) >= 11 is 5.89. The summed E-state index contributed by atoms with van der Waals surface area (Å²) in [4.78, 5) is 33.2. The van der Waals surface area contributed by atoms with Crippen LogP contribution in [0.4, 0.5) is 19.1 Å². The number of alkyl halides is 3. The molecule has 2 aromatic carbocycles. The lowest BCUT2D eigenvalue weighted by molar-refractivity contribution is -0.143. The van der Waals surface area contributed by atoms with Crippen LogP contribution in [-0.2, 0) is 17.5 Å². The molecular weight excluding hydrogens is 457 g/mol. The molecule has 168 valence electrons. The highest BCUT2D eigenvalue weighted by Crippen LogP contribution is 2.39. The highest BCUT2D eigenvalue weighted by molar-refractivity contribution is 6.48. The fourth-order valence-corrected chi connectivity index (χ4v) is 3.69. The van der Waals surface area contributed by atoms with Crippen molar-refractivity contribution >= 4 is 40.1 Å². The summed E-state index contributed by atoms with van der Waals surface area (Å²) in [6.07, 6.45) is -2.25. The lowest BCUT2D eigenvalue weighted by atomic mass is 10.0. The van der Waals surface area contributed by atoms with Gasteiger partial charge in [0.15, 0.2) is 0 Å². The fourth-order valence-electron chi connectivity index (χ4n) is 3.57. The third-order valence-corrected chi connectivity index (χ3v) is 5.22. The van der Waals surface area contributed by atoms with E-state index < -0.39 is 29.1 Å². The fraction of sp³-hybridized carbons (Fsp3) is 0.130. The van der Waals surface area contributed by atoms with E-state index in [1.54, 1.807) is 37.3 Å². The lowest BCUT2D eigenvalue weighted by Crippen LogP contribution is -2.27. The van der Waals surface area contributed by atoms with Crippen LogP contribution in [-0.4, -0.2) is 26.2 Å². The van der Waals surface area contributed by atoms with Crippen LogP contribution in [0.25, 0.3) is 10.9 Å². The standard InChI is InChI=1S/C23H16ClF3N4O2/c1-13-3-8-17-16(11-13)18(19(32)21(33)30-22-28-9-2-10-29-22)20(23(25,26)27)31(17)12-14-4-6-15(24)7-5-14/h2-11H,12H2,1H3,(H,28,29,30,33). The first kappa shape index (κ1) is 22.5. The number of amides is 1. The van der Waals surface area contributed by atoms with Gasteiger partial charge in [-0.2, -0.15) is 13.2 Å². The van der Waals surface area contributed by atoms with Crippen LogP contribution in [0.15, 0.2) is 60.9 Å². The molecule has 0 radical (unpaired) electrons. The van der Waals surface area contributed by atoms with Gasteiger partial charge < -0.3 is 4.57 Å². The van der Waals surface area contributed by atoms with Gasteiger partial charge in [-0.1, -0.05) is 35.4 Å². The van der Waals surface area contributed by atoms with Crippen molar-refractivity contribution in [3.63, 3.8) is 0 Å². The zero-order valence-corrected chi connectivity index (χ0v) is 17.9. The number of hydrogen-bond acceptors (Lipinski definition) is 4. The predicted molar refractivity (Wildman–Crippen MR) is 117 cm³/mol. The Bertz CT molecular complexity index is 1350. The maximum atomic E-state index is 14.3. The van der Waals surface area contributed by atoms with Crippen LogP contribution in [0, 0.1) is 6.92 Å². The first-order valence-corrected chi connectivity index (χ1v) is 10.1. The maximum Gasteiger partial charge on any atom is 0.432 e. The van der Waals surface area contributed by atoms with E-state index >= 15 is 0 Å². The second-order valence-electron chi connectivity index (χ2n) is 7.31. The Morgan fingerprint density at radius 2 is 1.73 bits per heavy atom. The van der Waals surface area contributed by atoms with Gasteiger partial charge in [0, 0.05) is 34.9 Å². The minimum absolute atomic E-state index is 0.0328. The second kappa shape index (κ2) is 8.67. The number of nitrogens with zero attached hydrogens (tertiary/aromatic N) is 3. The van der Waals surface area contributed by atoms with Crippen molar-refractivity contribution in [1.29, 1.82) is 0 Å². The highest BCUT2D eigenvalue weighted by atomic mass is 35.5. The number of ketones is 1. The van der Waals surface area contributed by atoms with Crippen LogP contribution in [0.3, 0.4) is 0 Å². The number of hydrogen-bond donors (Lipinski definition) is 1. The van der Waals surface area contributed by atoms with Crippen LogP contribution in [0.2, 0.25) is 5.02 Å². The number of nitrogens with one attached hydrogen (secondary N) is 1. The number of rotatable bonds is 5. The molecule has 2 heterocycles. The minimum atomic E-state index is -4.91. The van der Waals surface area contributed by atoms with Gasteiger partial charge in [0.05, 0.1) is 5.56 Å². The third kappa shape index (κ3) is 4.58. The van der Waals surface area contributed by atoms with E-state index in [2.05, 4.69) is 15.3 Å². The Balaban J connectivity index is 1.89. The monoisotopic (exact) mass is 472 g/mol. The molecular formula is C23H16ClF3N4O2. The van der Waals surface area contributed by atoms with Crippen LogP contribution < -0.4 is 5.32 Å². The van der Waals surface area contributed by atoms with Gasteiger partial charge >= 0.3 is 6.18 Å². The Morgan fingerprint density at radius 1 is 1.06 bits per heavy atom. The van der Waals surface area contributed by atoms with Gasteiger partial charge in [-0.15, -0.1) is 0 Å². The Labute approximate surface area is 191 Å². The number of halogens is 4. The van der Waals surface area contributed by atoms with Gasteiger partial charge in [-0.05, 0) is 42.8 Å². The van der Waals surface area contributed by atoms with E-state index in [1.807, 2.05) is 0 Å². The van der Waals surface area contributed by atoms with Crippen molar-refractivity contribution < 1.29 is 22.8 Å². The summed E-state index contributed by atoms with van der Waals surface area (Å²) in [5, 5.41) is 2.64. The lowest BCUT2D eigenvalue weighted by Gasteiger charge is -2.15. The first-order valence-electron chi connectivity index (χ1n) is 9.72. The summed E-state index contributed by atoms with van der Waals surface area (Å²) in [7, 11) is 0. The molecule has 0 atom stereocenters. The number of benzene rings is 2. The van der Waals surface area contributed by atoms with E-state index in [4.69, 9.17) is 11.6 Å². The SMILES string of the molecule is Cc1ccc2c(c1)c(C(=O)C(=O)Nc1ncccn1)c(C(F)(F)F)n2Cc1ccc(Cl)cc1. The van der Waals surface area contributed by atoms with Crippen LogP contribution in [0.1, 0.15) is 27.2 Å². The number of fused-ring (bicyclic) bond motifs is 1. The average Bonchev–Trinajstić information content (AvgIpc) is 3.09. The summed E-state index contributed by atoms with van der Waals surface area (Å²) in [6, 6.07) is 12.4. The molecule has 1 N–H and O–H groups in total. The number of Topliss-reactive ketones (excluding diaryl/α,β-unsaturated/α-hetero) is 1. The van der Waals surface area contributed by atoms with Crippen molar-refractivity contribution in [3.05, 3.63) is 88.3 Å². The van der Waals surface area contributed by atoms with Gasteiger partial charge in [0.2, 0.25) is 5.95 Å². The van der Waals surface area contributed by atoms with Gasteiger partial charge in [0.1, 0.15) is 5.69 Å². The molecule has 0 unspecified atom stereocenters. The molecule has 0 aliphatic carbocycles. The van der Waals surface area contributed by atoms with Crippen molar-refractivity contribution in [1.82, 2.24) is 14.5 Å². The molecule has 4 rings (SSSR count). The van der Waals surface area contributed by atoms with E-state index in [0.717, 1.165) is 4.57 Å². The Kier molecular flexibility index (Phi) is 5.90. The molecule has 0 spiro atoms. The topological polar surface area (TPSA) is 76.9 Å². The van der Waals surface area contributed by atoms with E-state index in [0.29, 0.717) is 16.1 Å². The molecule has 0 fully saturated rings. The average molecular weight is 473 g/mol. The quantitative estimate of drug-likeness (QED) is 0.316. The number of aryl methyl sites for hydroxylation is 1. The zero-order valence-electron chi connectivity index (χ0n) is 17.2. The van der Waals surface area contributed by atoms with Gasteiger partial charge in [-0.25, -0.2) is 9.97 Å². The molecule has 0 aliphatic heterocycles. The smallest absolute Gasteiger partial charge is 0.332 e.